The van der Waals surface area contributed by atoms with Gasteiger partial charge < -0.3 is 19.5 Å². The molecule has 1 saturated carbocycles. The standard InChI is InChI=1S/C28H33NO5/c1-28(2,3)18-13-14-22(34-5)21(16-18)25(30)23-24(17-9-8-12-20(15-17)33-4)29(27(32)26(23)31)19-10-6-7-11-19/h8-9,12-16,19,24,30H,6-7,10-11H2,1-5H3/b25-23+. The number of carbonyl (C=O) groups excluding carboxylic acids is 2. The average molecular weight is 464 g/mol. The number of carbonyl (C=O) groups is 2. The zero-order chi connectivity index (χ0) is 24.6. The Morgan fingerprint density at radius 2 is 1.71 bits per heavy atom. The number of ether oxygens (including phenoxy) is 2. The van der Waals surface area contributed by atoms with E-state index in [2.05, 4.69) is 20.8 Å². The van der Waals surface area contributed by atoms with Crippen molar-refractivity contribution in [2.24, 2.45) is 0 Å². The van der Waals surface area contributed by atoms with Crippen molar-refractivity contribution in [1.29, 1.82) is 0 Å². The van der Waals surface area contributed by atoms with Gasteiger partial charge in [0.1, 0.15) is 17.3 Å². The van der Waals surface area contributed by atoms with Gasteiger partial charge >= 0.3 is 0 Å². The maximum atomic E-state index is 13.4. The Morgan fingerprint density at radius 3 is 2.32 bits per heavy atom. The van der Waals surface area contributed by atoms with Crippen molar-refractivity contribution in [3.05, 3.63) is 64.7 Å². The van der Waals surface area contributed by atoms with Crippen LogP contribution in [0.1, 0.15) is 69.2 Å². The minimum absolute atomic E-state index is 0.0410. The van der Waals surface area contributed by atoms with Crippen molar-refractivity contribution in [3.8, 4) is 11.5 Å². The van der Waals surface area contributed by atoms with Crippen LogP contribution in [0.15, 0.2) is 48.0 Å². The van der Waals surface area contributed by atoms with Crippen LogP contribution in [0.3, 0.4) is 0 Å². The molecule has 1 saturated heterocycles. The second kappa shape index (κ2) is 9.16. The summed E-state index contributed by atoms with van der Waals surface area (Å²) in [7, 11) is 3.11. The van der Waals surface area contributed by atoms with Crippen molar-refractivity contribution < 1.29 is 24.2 Å². The molecule has 1 aliphatic carbocycles. The fourth-order valence-corrected chi connectivity index (χ4v) is 5.05. The molecule has 0 spiro atoms. The predicted molar refractivity (Wildman–Crippen MR) is 131 cm³/mol. The van der Waals surface area contributed by atoms with Crippen LogP contribution in [0, 0.1) is 0 Å². The van der Waals surface area contributed by atoms with E-state index in [4.69, 9.17) is 9.47 Å². The van der Waals surface area contributed by atoms with Crippen molar-refractivity contribution >= 4 is 17.4 Å². The van der Waals surface area contributed by atoms with Gasteiger partial charge in [-0.1, -0.05) is 51.8 Å². The number of ketones is 1. The predicted octanol–water partition coefficient (Wildman–Crippen LogP) is 5.37. The summed E-state index contributed by atoms with van der Waals surface area (Å²) in [6.07, 6.45) is 3.71. The highest BCUT2D eigenvalue weighted by Gasteiger charge is 2.49. The minimum atomic E-state index is -0.693. The van der Waals surface area contributed by atoms with E-state index in [9.17, 15) is 14.7 Å². The van der Waals surface area contributed by atoms with Crippen LogP contribution < -0.4 is 9.47 Å². The quantitative estimate of drug-likeness (QED) is 0.367. The lowest BCUT2D eigenvalue weighted by molar-refractivity contribution is -0.141. The lowest BCUT2D eigenvalue weighted by atomic mass is 9.85. The lowest BCUT2D eigenvalue weighted by Gasteiger charge is -2.31. The van der Waals surface area contributed by atoms with Crippen molar-refractivity contribution in [3.63, 3.8) is 0 Å². The minimum Gasteiger partial charge on any atom is -0.507 e. The molecule has 4 rings (SSSR count). The van der Waals surface area contributed by atoms with Crippen LogP contribution in [-0.2, 0) is 15.0 Å². The second-order valence-electron chi connectivity index (χ2n) is 10.1. The molecule has 1 N–H and O–H groups in total. The highest BCUT2D eigenvalue weighted by atomic mass is 16.5. The van der Waals surface area contributed by atoms with Gasteiger partial charge in [0, 0.05) is 6.04 Å². The third-order valence-corrected chi connectivity index (χ3v) is 6.93. The van der Waals surface area contributed by atoms with Gasteiger partial charge in [-0.3, -0.25) is 9.59 Å². The van der Waals surface area contributed by atoms with Crippen LogP contribution in [0.25, 0.3) is 5.76 Å². The first-order valence-electron chi connectivity index (χ1n) is 11.8. The fourth-order valence-electron chi connectivity index (χ4n) is 5.05. The number of aliphatic hydroxyl groups is 1. The molecule has 2 aromatic carbocycles. The molecule has 0 radical (unpaired) electrons. The van der Waals surface area contributed by atoms with Crippen LogP contribution in [0.5, 0.6) is 11.5 Å². The number of amides is 1. The van der Waals surface area contributed by atoms with Crippen LogP contribution in [-0.4, -0.2) is 42.0 Å². The summed E-state index contributed by atoms with van der Waals surface area (Å²) in [5, 5.41) is 11.6. The number of Topliss-reactive ketones (excluding diaryl/α,β-unsaturated/α-hetero) is 1. The lowest BCUT2D eigenvalue weighted by Crippen LogP contribution is -2.37. The fraction of sp³-hybridized carbons (Fsp3) is 0.429. The monoisotopic (exact) mass is 463 g/mol. The Kier molecular flexibility index (Phi) is 6.43. The summed E-state index contributed by atoms with van der Waals surface area (Å²) >= 11 is 0. The summed E-state index contributed by atoms with van der Waals surface area (Å²) in [5.74, 6) is -0.369. The highest BCUT2D eigenvalue weighted by molar-refractivity contribution is 6.46. The average Bonchev–Trinajstić information content (AvgIpc) is 3.44. The number of benzene rings is 2. The Bertz CT molecular complexity index is 1140. The van der Waals surface area contributed by atoms with Crippen LogP contribution in [0.2, 0.25) is 0 Å². The largest absolute Gasteiger partial charge is 0.507 e. The van der Waals surface area contributed by atoms with Gasteiger partial charge in [0.15, 0.2) is 0 Å². The molecule has 0 bridgehead atoms. The maximum absolute atomic E-state index is 13.4. The zero-order valence-corrected chi connectivity index (χ0v) is 20.6. The molecular formula is C28H33NO5. The molecule has 0 aromatic heterocycles. The van der Waals surface area contributed by atoms with E-state index in [-0.39, 0.29) is 22.8 Å². The summed E-state index contributed by atoms with van der Waals surface area (Å²) in [5.41, 5.74) is 2.04. The number of rotatable bonds is 5. The number of methoxy groups -OCH3 is 2. The Morgan fingerprint density at radius 1 is 1.00 bits per heavy atom. The van der Waals surface area contributed by atoms with E-state index in [0.717, 1.165) is 36.8 Å². The highest BCUT2D eigenvalue weighted by Crippen LogP contribution is 2.45. The number of likely N-dealkylation sites (tertiary alicyclic amines) is 1. The summed E-state index contributed by atoms with van der Waals surface area (Å²) in [4.78, 5) is 28.4. The Hall–Kier alpha value is -3.28. The van der Waals surface area contributed by atoms with E-state index < -0.39 is 17.7 Å². The molecule has 1 unspecified atom stereocenters. The topological polar surface area (TPSA) is 76.1 Å². The Balaban J connectivity index is 1.95. The molecule has 6 heteroatoms. The van der Waals surface area contributed by atoms with E-state index in [0.29, 0.717) is 17.1 Å². The third-order valence-electron chi connectivity index (χ3n) is 6.93. The van der Waals surface area contributed by atoms with Gasteiger partial charge in [-0.05, 0) is 53.6 Å². The van der Waals surface area contributed by atoms with Crippen molar-refractivity contribution in [2.75, 3.05) is 14.2 Å². The first-order valence-corrected chi connectivity index (χ1v) is 11.8. The molecule has 1 atom stereocenters. The second-order valence-corrected chi connectivity index (χ2v) is 10.1. The first-order chi connectivity index (χ1) is 16.2. The first kappa shape index (κ1) is 23.9. The van der Waals surface area contributed by atoms with Gasteiger partial charge in [-0.2, -0.15) is 0 Å². The smallest absolute Gasteiger partial charge is 0.295 e. The third kappa shape index (κ3) is 4.17. The van der Waals surface area contributed by atoms with Gasteiger partial charge in [0.2, 0.25) is 0 Å². The molecule has 6 nitrogen and oxygen atoms in total. The van der Waals surface area contributed by atoms with E-state index >= 15 is 0 Å². The van der Waals surface area contributed by atoms with E-state index in [1.54, 1.807) is 18.1 Å². The zero-order valence-electron chi connectivity index (χ0n) is 20.6. The molecule has 180 valence electrons. The molecule has 1 aliphatic heterocycles. The molecule has 1 amide bonds. The molecule has 34 heavy (non-hydrogen) atoms. The molecule has 1 heterocycles. The van der Waals surface area contributed by atoms with Gasteiger partial charge in [0.05, 0.1) is 31.4 Å². The van der Waals surface area contributed by atoms with Crippen LogP contribution >= 0.6 is 0 Å². The van der Waals surface area contributed by atoms with E-state index in [1.807, 2.05) is 36.4 Å². The maximum Gasteiger partial charge on any atom is 0.295 e. The number of hydrogen-bond donors (Lipinski definition) is 1. The SMILES string of the molecule is COc1cccc(C2/C(=C(\O)c3cc(C(C)(C)C)ccc3OC)C(=O)C(=O)N2C2CCCC2)c1. The normalized spacial score (nSPS) is 20.7. The number of aliphatic hydroxyl groups excluding tert-OH is 1. The van der Waals surface area contributed by atoms with Crippen molar-refractivity contribution in [1.82, 2.24) is 4.90 Å². The number of hydrogen-bond acceptors (Lipinski definition) is 5. The molecule has 2 fully saturated rings. The molecular weight excluding hydrogens is 430 g/mol. The molecule has 2 aliphatic rings. The van der Waals surface area contributed by atoms with Gasteiger partial charge in [0.25, 0.3) is 11.7 Å². The summed E-state index contributed by atoms with van der Waals surface area (Å²) in [6.45, 7) is 6.23. The Labute approximate surface area is 201 Å². The van der Waals surface area contributed by atoms with Crippen molar-refractivity contribution in [2.45, 2.75) is 64.0 Å². The summed E-state index contributed by atoms with van der Waals surface area (Å²) < 4.78 is 10.9. The van der Waals surface area contributed by atoms with Crippen LogP contribution in [0.4, 0.5) is 0 Å². The van der Waals surface area contributed by atoms with Gasteiger partial charge in [-0.15, -0.1) is 0 Å². The molecule has 2 aromatic rings. The summed E-state index contributed by atoms with van der Waals surface area (Å²) in [6, 6.07) is 12.2. The van der Waals surface area contributed by atoms with Gasteiger partial charge in [-0.25, -0.2) is 0 Å². The van der Waals surface area contributed by atoms with E-state index in [1.165, 1.54) is 7.11 Å². The number of nitrogens with zero attached hydrogens (tertiary/aromatic N) is 1.